The van der Waals surface area contributed by atoms with Crippen LogP contribution < -0.4 is 9.47 Å². The number of fused-ring (bicyclic) bond motifs is 1. The van der Waals surface area contributed by atoms with Crippen LogP contribution in [0.4, 0.5) is 0 Å². The van der Waals surface area contributed by atoms with E-state index in [1.807, 2.05) is 0 Å². The third-order valence-corrected chi connectivity index (χ3v) is 2.85. The molecule has 2 heterocycles. The fraction of sp³-hybridized carbons (Fsp3) is 0.417. The van der Waals surface area contributed by atoms with Crippen molar-refractivity contribution in [3.05, 3.63) is 11.4 Å². The van der Waals surface area contributed by atoms with Crippen molar-refractivity contribution in [2.45, 2.75) is 32.5 Å². The number of carbonyl (C=O) groups is 2. The first kappa shape index (κ1) is 14.2. The van der Waals surface area contributed by atoms with Gasteiger partial charge in [-0.3, -0.25) is 4.98 Å². The molecule has 0 bridgehead atoms. The average Bonchev–Trinajstić information content (AvgIpc) is 2.43. The molecule has 2 unspecified atom stereocenters. The van der Waals surface area contributed by atoms with Crippen molar-refractivity contribution in [2.75, 3.05) is 0 Å². The Kier molecular flexibility index (Phi) is 3.60. The van der Waals surface area contributed by atoms with E-state index in [2.05, 4.69) is 4.98 Å². The summed E-state index contributed by atoms with van der Waals surface area (Å²) < 4.78 is 9.64. The summed E-state index contributed by atoms with van der Waals surface area (Å²) in [5.41, 5.74) is 0.458. The van der Waals surface area contributed by atoms with Gasteiger partial charge in [-0.25, -0.2) is 9.59 Å². The summed E-state index contributed by atoms with van der Waals surface area (Å²) in [5, 5.41) is 28.8. The van der Waals surface area contributed by atoms with Gasteiger partial charge in [-0.15, -0.1) is 0 Å². The standard InChI is InChI=1S/C12H13NO7/c1-3-5-6(14)10-9(4(2)13-5)19-11(17)7(15)8(16)12(18)20-10/h7-8,14-16H,3H2,1-2H3. The van der Waals surface area contributed by atoms with Crippen molar-refractivity contribution < 1.29 is 34.4 Å². The molecule has 1 aromatic rings. The summed E-state index contributed by atoms with van der Waals surface area (Å²) in [4.78, 5) is 27.1. The van der Waals surface area contributed by atoms with Gasteiger partial charge in [0.15, 0.2) is 23.7 Å². The number of pyridine rings is 1. The predicted octanol–water partition coefficient (Wildman–Crippen LogP) is -0.796. The molecule has 8 heteroatoms. The summed E-state index contributed by atoms with van der Waals surface area (Å²) >= 11 is 0. The highest BCUT2D eigenvalue weighted by Crippen LogP contribution is 2.41. The molecule has 0 spiro atoms. The number of rotatable bonds is 1. The fourth-order valence-electron chi connectivity index (χ4n) is 1.75. The van der Waals surface area contributed by atoms with Crippen LogP contribution in [0, 0.1) is 6.92 Å². The number of carbonyl (C=O) groups excluding carboxylic acids is 2. The molecule has 0 aliphatic carbocycles. The van der Waals surface area contributed by atoms with Crippen molar-refractivity contribution in [1.29, 1.82) is 0 Å². The zero-order chi connectivity index (χ0) is 15.0. The third-order valence-electron chi connectivity index (χ3n) is 2.85. The molecule has 0 fully saturated rings. The Labute approximate surface area is 113 Å². The van der Waals surface area contributed by atoms with Gasteiger partial charge in [0.2, 0.25) is 5.75 Å². The maximum Gasteiger partial charge on any atom is 0.344 e. The first-order valence-electron chi connectivity index (χ1n) is 5.88. The summed E-state index contributed by atoms with van der Waals surface area (Å²) in [6, 6.07) is 0. The van der Waals surface area contributed by atoms with E-state index in [1.54, 1.807) is 6.92 Å². The number of aliphatic hydroxyl groups excluding tert-OH is 2. The van der Waals surface area contributed by atoms with Gasteiger partial charge in [-0.2, -0.15) is 0 Å². The molecular formula is C12H13NO7. The monoisotopic (exact) mass is 283 g/mol. The van der Waals surface area contributed by atoms with Crippen LogP contribution in [0.25, 0.3) is 0 Å². The minimum atomic E-state index is -2.09. The van der Waals surface area contributed by atoms with E-state index in [-0.39, 0.29) is 17.1 Å². The van der Waals surface area contributed by atoms with Crippen LogP contribution in [0.1, 0.15) is 18.3 Å². The van der Waals surface area contributed by atoms with Crippen molar-refractivity contribution in [3.63, 3.8) is 0 Å². The van der Waals surface area contributed by atoms with Gasteiger partial charge in [0.05, 0.1) is 11.4 Å². The molecule has 1 aliphatic rings. The number of ether oxygens (including phenoxy) is 2. The molecule has 3 N–H and O–H groups in total. The average molecular weight is 283 g/mol. The molecule has 2 rings (SSSR count). The summed E-state index contributed by atoms with van der Waals surface area (Å²) in [6.07, 6.45) is -3.80. The lowest BCUT2D eigenvalue weighted by Gasteiger charge is -2.22. The van der Waals surface area contributed by atoms with E-state index in [0.29, 0.717) is 6.42 Å². The third kappa shape index (κ3) is 2.19. The number of esters is 2. The number of aryl methyl sites for hydroxylation is 2. The zero-order valence-corrected chi connectivity index (χ0v) is 10.8. The van der Waals surface area contributed by atoms with Gasteiger partial charge in [-0.1, -0.05) is 6.92 Å². The first-order chi connectivity index (χ1) is 9.36. The molecule has 2 atom stereocenters. The Morgan fingerprint density at radius 1 is 1.10 bits per heavy atom. The zero-order valence-electron chi connectivity index (χ0n) is 10.8. The summed E-state index contributed by atoms with van der Waals surface area (Å²) in [5.74, 6) is -3.59. The van der Waals surface area contributed by atoms with Crippen molar-refractivity contribution in [1.82, 2.24) is 4.98 Å². The maximum absolute atomic E-state index is 11.6. The minimum absolute atomic E-state index is 0.208. The second kappa shape index (κ2) is 5.06. The van der Waals surface area contributed by atoms with Crippen LogP contribution in [0.15, 0.2) is 0 Å². The van der Waals surface area contributed by atoms with E-state index in [1.165, 1.54) is 6.92 Å². The lowest BCUT2D eigenvalue weighted by Crippen LogP contribution is -2.45. The Morgan fingerprint density at radius 3 is 2.10 bits per heavy atom. The van der Waals surface area contributed by atoms with E-state index in [0.717, 1.165) is 0 Å². The van der Waals surface area contributed by atoms with Gasteiger partial charge in [0.25, 0.3) is 0 Å². The van der Waals surface area contributed by atoms with Crippen LogP contribution >= 0.6 is 0 Å². The number of aliphatic hydroxyl groups is 2. The summed E-state index contributed by atoms with van der Waals surface area (Å²) in [7, 11) is 0. The molecule has 8 nitrogen and oxygen atoms in total. The van der Waals surface area contributed by atoms with E-state index in [9.17, 15) is 24.9 Å². The van der Waals surface area contributed by atoms with Crippen molar-refractivity contribution in [2.24, 2.45) is 0 Å². The van der Waals surface area contributed by atoms with Gasteiger partial charge >= 0.3 is 11.9 Å². The Hall–Kier alpha value is -2.19. The lowest BCUT2D eigenvalue weighted by atomic mass is 10.1. The molecule has 20 heavy (non-hydrogen) atoms. The molecular weight excluding hydrogens is 270 g/mol. The number of aromatic hydroxyl groups is 1. The Morgan fingerprint density at radius 2 is 1.60 bits per heavy atom. The van der Waals surface area contributed by atoms with Crippen LogP contribution in [-0.4, -0.2) is 44.5 Å². The lowest BCUT2D eigenvalue weighted by molar-refractivity contribution is -0.164. The van der Waals surface area contributed by atoms with Gasteiger partial charge in [-0.05, 0) is 13.3 Å². The molecule has 0 radical (unpaired) electrons. The first-order valence-corrected chi connectivity index (χ1v) is 5.88. The van der Waals surface area contributed by atoms with E-state index >= 15 is 0 Å². The maximum atomic E-state index is 11.6. The van der Waals surface area contributed by atoms with Gasteiger partial charge in [0, 0.05) is 0 Å². The molecule has 0 aromatic carbocycles. The molecule has 0 amide bonds. The number of hydrogen-bond acceptors (Lipinski definition) is 8. The topological polar surface area (TPSA) is 126 Å². The molecule has 1 aliphatic heterocycles. The predicted molar refractivity (Wildman–Crippen MR) is 63.3 cm³/mol. The highest BCUT2D eigenvalue weighted by Gasteiger charge is 2.38. The van der Waals surface area contributed by atoms with Crippen LogP contribution in [0.5, 0.6) is 17.2 Å². The summed E-state index contributed by atoms with van der Waals surface area (Å²) in [6.45, 7) is 3.21. The normalized spacial score (nSPS) is 22.4. The Bertz CT molecular complexity index is 584. The molecule has 0 saturated heterocycles. The fourth-order valence-corrected chi connectivity index (χ4v) is 1.75. The molecule has 1 aromatic heterocycles. The van der Waals surface area contributed by atoms with Gasteiger partial charge in [0.1, 0.15) is 0 Å². The Balaban J connectivity index is 2.62. The number of aromatic nitrogens is 1. The van der Waals surface area contributed by atoms with Crippen LogP contribution in [-0.2, 0) is 16.0 Å². The van der Waals surface area contributed by atoms with E-state index in [4.69, 9.17) is 9.47 Å². The second-order valence-electron chi connectivity index (χ2n) is 4.24. The van der Waals surface area contributed by atoms with Crippen LogP contribution in [0.2, 0.25) is 0 Å². The highest BCUT2D eigenvalue weighted by molar-refractivity contribution is 5.90. The van der Waals surface area contributed by atoms with E-state index < -0.39 is 35.6 Å². The smallest absolute Gasteiger partial charge is 0.344 e. The molecule has 108 valence electrons. The quantitative estimate of drug-likeness (QED) is 0.572. The van der Waals surface area contributed by atoms with Crippen LogP contribution in [0.3, 0.4) is 0 Å². The number of hydrogen-bond donors (Lipinski definition) is 3. The van der Waals surface area contributed by atoms with Crippen molar-refractivity contribution >= 4 is 11.9 Å². The van der Waals surface area contributed by atoms with Gasteiger partial charge < -0.3 is 24.8 Å². The highest BCUT2D eigenvalue weighted by atomic mass is 16.6. The van der Waals surface area contributed by atoms with Crippen molar-refractivity contribution in [3.8, 4) is 17.2 Å². The number of nitrogens with zero attached hydrogens (tertiary/aromatic N) is 1. The second-order valence-corrected chi connectivity index (χ2v) is 4.24. The largest absolute Gasteiger partial charge is 0.503 e. The minimum Gasteiger partial charge on any atom is -0.503 e. The SMILES string of the molecule is CCc1nc(C)c2c(c1O)OC(=O)C(O)C(O)C(=O)O2. The molecule has 0 saturated carbocycles.